The number of aliphatic hydroxyl groups is 1. The molecule has 0 aliphatic heterocycles. The van der Waals surface area contributed by atoms with Gasteiger partial charge in [-0.15, -0.1) is 0 Å². The van der Waals surface area contributed by atoms with Gasteiger partial charge in [0.05, 0.1) is 5.60 Å². The number of urea groups is 1. The largest absolute Gasteiger partial charge is 0.388 e. The summed E-state index contributed by atoms with van der Waals surface area (Å²) in [7, 11) is 0. The molecule has 0 bridgehead atoms. The first-order chi connectivity index (χ1) is 9.36. The third kappa shape index (κ3) is 4.85. The van der Waals surface area contributed by atoms with E-state index in [0.717, 1.165) is 24.1 Å². The second-order valence-electron chi connectivity index (χ2n) is 5.73. The van der Waals surface area contributed by atoms with Crippen LogP contribution >= 0.6 is 0 Å². The van der Waals surface area contributed by atoms with Gasteiger partial charge in [-0.25, -0.2) is 4.79 Å². The summed E-state index contributed by atoms with van der Waals surface area (Å²) < 4.78 is 0. The average Bonchev–Trinajstić information content (AvgIpc) is 2.39. The van der Waals surface area contributed by atoms with Gasteiger partial charge in [0, 0.05) is 12.2 Å². The SMILES string of the molecule is CCCc1ccccc1NC(=O)NCC(C)(O)C(C)C. The van der Waals surface area contributed by atoms with E-state index in [1.807, 2.05) is 38.1 Å². The zero-order valence-electron chi connectivity index (χ0n) is 12.9. The summed E-state index contributed by atoms with van der Waals surface area (Å²) in [5.74, 6) is 0.0789. The lowest BCUT2D eigenvalue weighted by Gasteiger charge is -2.27. The number of para-hydroxylation sites is 1. The number of carbonyl (C=O) groups excluding carboxylic acids is 1. The highest BCUT2D eigenvalue weighted by atomic mass is 16.3. The number of benzene rings is 1. The third-order valence-corrected chi connectivity index (χ3v) is 3.64. The van der Waals surface area contributed by atoms with Gasteiger partial charge in [-0.2, -0.15) is 0 Å². The van der Waals surface area contributed by atoms with Crippen molar-refractivity contribution >= 4 is 11.7 Å². The van der Waals surface area contributed by atoms with E-state index >= 15 is 0 Å². The molecular formula is C16H26N2O2. The molecule has 112 valence electrons. The smallest absolute Gasteiger partial charge is 0.319 e. The summed E-state index contributed by atoms with van der Waals surface area (Å²) >= 11 is 0. The van der Waals surface area contributed by atoms with Crippen molar-refractivity contribution in [3.8, 4) is 0 Å². The molecule has 4 nitrogen and oxygen atoms in total. The van der Waals surface area contributed by atoms with Gasteiger partial charge in [-0.1, -0.05) is 45.4 Å². The molecule has 0 saturated heterocycles. The Morgan fingerprint density at radius 3 is 2.60 bits per heavy atom. The van der Waals surface area contributed by atoms with E-state index in [4.69, 9.17) is 0 Å². The van der Waals surface area contributed by atoms with E-state index < -0.39 is 5.60 Å². The third-order valence-electron chi connectivity index (χ3n) is 3.64. The van der Waals surface area contributed by atoms with E-state index in [1.54, 1.807) is 6.92 Å². The Labute approximate surface area is 121 Å². The van der Waals surface area contributed by atoms with E-state index in [1.165, 1.54) is 0 Å². The number of aryl methyl sites for hydroxylation is 1. The zero-order valence-corrected chi connectivity index (χ0v) is 12.9. The summed E-state index contributed by atoms with van der Waals surface area (Å²) in [6, 6.07) is 7.50. The van der Waals surface area contributed by atoms with Crippen molar-refractivity contribution in [3.63, 3.8) is 0 Å². The van der Waals surface area contributed by atoms with Gasteiger partial charge in [0.15, 0.2) is 0 Å². The van der Waals surface area contributed by atoms with Gasteiger partial charge in [0.2, 0.25) is 0 Å². The molecule has 0 heterocycles. The molecular weight excluding hydrogens is 252 g/mol. The average molecular weight is 278 g/mol. The molecule has 4 heteroatoms. The van der Waals surface area contributed by atoms with Crippen LogP contribution in [0.2, 0.25) is 0 Å². The molecule has 0 radical (unpaired) electrons. The van der Waals surface area contributed by atoms with Crippen LogP contribution < -0.4 is 10.6 Å². The zero-order chi connectivity index (χ0) is 15.2. The molecule has 0 aliphatic rings. The van der Waals surface area contributed by atoms with Gasteiger partial charge in [0.1, 0.15) is 0 Å². The highest BCUT2D eigenvalue weighted by Gasteiger charge is 2.25. The molecule has 1 aromatic carbocycles. The van der Waals surface area contributed by atoms with Crippen molar-refractivity contribution in [3.05, 3.63) is 29.8 Å². The van der Waals surface area contributed by atoms with Crippen molar-refractivity contribution in [2.45, 2.75) is 46.1 Å². The van der Waals surface area contributed by atoms with Crippen LogP contribution in [0.1, 0.15) is 39.7 Å². The van der Waals surface area contributed by atoms with Crippen molar-refractivity contribution in [1.29, 1.82) is 0 Å². The minimum absolute atomic E-state index is 0.0789. The maximum atomic E-state index is 11.9. The van der Waals surface area contributed by atoms with Crippen LogP contribution in [0.5, 0.6) is 0 Å². The standard InChI is InChI=1S/C16H26N2O2/c1-5-8-13-9-6-7-10-14(13)18-15(19)17-11-16(4,20)12(2)3/h6-7,9-10,12,20H,5,8,11H2,1-4H3,(H2,17,18,19). The highest BCUT2D eigenvalue weighted by Crippen LogP contribution is 2.17. The van der Waals surface area contributed by atoms with Crippen molar-refractivity contribution in [1.82, 2.24) is 5.32 Å². The van der Waals surface area contributed by atoms with E-state index in [0.29, 0.717) is 0 Å². The monoisotopic (exact) mass is 278 g/mol. The topological polar surface area (TPSA) is 61.4 Å². The van der Waals surface area contributed by atoms with Crippen LogP contribution in [0.3, 0.4) is 0 Å². The van der Waals surface area contributed by atoms with Crippen molar-refractivity contribution in [2.24, 2.45) is 5.92 Å². The number of rotatable bonds is 6. The molecule has 1 aromatic rings. The van der Waals surface area contributed by atoms with Gasteiger partial charge in [-0.3, -0.25) is 0 Å². The van der Waals surface area contributed by atoms with E-state index in [2.05, 4.69) is 17.6 Å². The summed E-state index contributed by atoms with van der Waals surface area (Å²) in [4.78, 5) is 11.9. The fourth-order valence-corrected chi connectivity index (χ4v) is 1.76. The number of carbonyl (C=O) groups is 1. The van der Waals surface area contributed by atoms with Crippen LogP contribution in [-0.2, 0) is 6.42 Å². The molecule has 1 unspecified atom stereocenters. The van der Waals surface area contributed by atoms with Crippen LogP contribution in [0.4, 0.5) is 10.5 Å². The Balaban J connectivity index is 2.59. The molecule has 0 spiro atoms. The minimum atomic E-state index is -0.903. The van der Waals surface area contributed by atoms with E-state index in [-0.39, 0.29) is 18.5 Å². The van der Waals surface area contributed by atoms with Crippen LogP contribution in [-0.4, -0.2) is 23.3 Å². The molecule has 2 amide bonds. The number of nitrogens with one attached hydrogen (secondary N) is 2. The maximum Gasteiger partial charge on any atom is 0.319 e. The maximum absolute atomic E-state index is 11.9. The van der Waals surface area contributed by atoms with E-state index in [9.17, 15) is 9.90 Å². The number of hydrogen-bond acceptors (Lipinski definition) is 2. The fourth-order valence-electron chi connectivity index (χ4n) is 1.76. The lowest BCUT2D eigenvalue weighted by molar-refractivity contribution is 0.0170. The highest BCUT2D eigenvalue weighted by molar-refractivity contribution is 5.90. The molecule has 1 rings (SSSR count). The Bertz CT molecular complexity index is 442. The molecule has 0 fully saturated rings. The minimum Gasteiger partial charge on any atom is -0.388 e. The summed E-state index contributed by atoms with van der Waals surface area (Å²) in [5, 5.41) is 15.7. The number of anilines is 1. The second kappa shape index (κ2) is 7.29. The molecule has 1 atom stereocenters. The Hall–Kier alpha value is -1.55. The quantitative estimate of drug-likeness (QED) is 0.748. The van der Waals surface area contributed by atoms with Gasteiger partial charge in [-0.05, 0) is 30.9 Å². The van der Waals surface area contributed by atoms with Gasteiger partial charge in [0.25, 0.3) is 0 Å². The molecule has 3 N–H and O–H groups in total. The predicted molar refractivity (Wildman–Crippen MR) is 82.9 cm³/mol. The van der Waals surface area contributed by atoms with Crippen LogP contribution in [0.15, 0.2) is 24.3 Å². The van der Waals surface area contributed by atoms with Crippen molar-refractivity contribution < 1.29 is 9.90 Å². The predicted octanol–water partition coefficient (Wildman–Crippen LogP) is 3.17. The first-order valence-electron chi connectivity index (χ1n) is 7.22. The van der Waals surface area contributed by atoms with Crippen molar-refractivity contribution in [2.75, 3.05) is 11.9 Å². The van der Waals surface area contributed by atoms with Gasteiger partial charge < -0.3 is 15.7 Å². The first-order valence-corrected chi connectivity index (χ1v) is 7.22. The molecule has 0 saturated carbocycles. The lowest BCUT2D eigenvalue weighted by Crippen LogP contribution is -2.45. The first kappa shape index (κ1) is 16.5. The molecule has 0 aromatic heterocycles. The Morgan fingerprint density at radius 1 is 1.35 bits per heavy atom. The van der Waals surface area contributed by atoms with Crippen LogP contribution in [0.25, 0.3) is 0 Å². The summed E-state index contributed by atoms with van der Waals surface area (Å²) in [6.07, 6.45) is 1.96. The Kier molecular flexibility index (Phi) is 6.02. The normalized spacial score (nSPS) is 13.9. The summed E-state index contributed by atoms with van der Waals surface area (Å²) in [5.41, 5.74) is 1.05. The molecule has 0 aliphatic carbocycles. The van der Waals surface area contributed by atoms with Crippen LogP contribution in [0, 0.1) is 5.92 Å². The number of hydrogen-bond donors (Lipinski definition) is 3. The number of amides is 2. The fraction of sp³-hybridized carbons (Fsp3) is 0.562. The second-order valence-corrected chi connectivity index (χ2v) is 5.73. The Morgan fingerprint density at radius 2 is 2.00 bits per heavy atom. The van der Waals surface area contributed by atoms with Gasteiger partial charge >= 0.3 is 6.03 Å². The lowest BCUT2D eigenvalue weighted by atomic mass is 9.93. The molecule has 20 heavy (non-hydrogen) atoms. The summed E-state index contributed by atoms with van der Waals surface area (Å²) in [6.45, 7) is 7.92.